The van der Waals surface area contributed by atoms with Gasteiger partial charge in [0.05, 0.1) is 5.52 Å². The Morgan fingerprint density at radius 3 is 2.65 bits per heavy atom. The largest absolute Gasteiger partial charge is 0.417 e. The highest BCUT2D eigenvalue weighted by Gasteiger charge is 2.05. The number of rotatable bonds is 5. The first-order valence-electron chi connectivity index (χ1n) is 7.54. The summed E-state index contributed by atoms with van der Waals surface area (Å²) in [7, 11) is 0. The maximum atomic E-state index is 11.9. The second-order valence-electron chi connectivity index (χ2n) is 5.61. The second kappa shape index (κ2) is 6.52. The number of aryl methyl sites for hydroxylation is 2. The number of carbonyl (C=O) groups is 1. The number of hydrogen-bond donors (Lipinski definition) is 2. The van der Waals surface area contributed by atoms with Crippen LogP contribution in [0.25, 0.3) is 11.1 Å². The average molecular weight is 310 g/mol. The summed E-state index contributed by atoms with van der Waals surface area (Å²) < 4.78 is 4.95. The van der Waals surface area contributed by atoms with Crippen molar-refractivity contribution >= 4 is 17.0 Å². The lowest BCUT2D eigenvalue weighted by atomic mass is 10.1. The third kappa shape index (κ3) is 3.88. The van der Waals surface area contributed by atoms with Crippen molar-refractivity contribution in [1.29, 1.82) is 0 Å². The molecule has 5 heteroatoms. The summed E-state index contributed by atoms with van der Waals surface area (Å²) in [6, 6.07) is 13.5. The molecule has 3 rings (SSSR count). The number of aromatic nitrogens is 1. The van der Waals surface area contributed by atoms with Crippen molar-refractivity contribution in [1.82, 2.24) is 10.3 Å². The van der Waals surface area contributed by atoms with Crippen LogP contribution in [0.4, 0.5) is 0 Å². The molecule has 0 radical (unpaired) electrons. The first-order chi connectivity index (χ1) is 11.1. The number of benzene rings is 2. The molecule has 0 fully saturated rings. The number of fused-ring (bicyclic) bond motifs is 1. The number of aromatic amines is 1. The SMILES string of the molecule is Cc1ccc(CNC(=O)CCc2ccc3oc(=O)[nH]c3c2)cc1. The molecular weight excluding hydrogens is 292 g/mol. The zero-order valence-electron chi connectivity index (χ0n) is 12.9. The number of carbonyl (C=O) groups excluding carboxylic acids is 1. The van der Waals surface area contributed by atoms with Gasteiger partial charge in [0, 0.05) is 13.0 Å². The summed E-state index contributed by atoms with van der Waals surface area (Å²) in [4.78, 5) is 25.7. The Balaban J connectivity index is 1.53. The minimum Gasteiger partial charge on any atom is -0.408 e. The first kappa shape index (κ1) is 15.1. The molecule has 0 bridgehead atoms. The predicted molar refractivity (Wildman–Crippen MR) is 88.2 cm³/mol. The van der Waals surface area contributed by atoms with E-state index >= 15 is 0 Å². The van der Waals surface area contributed by atoms with Crippen LogP contribution in [0.2, 0.25) is 0 Å². The lowest BCUT2D eigenvalue weighted by Crippen LogP contribution is -2.22. The summed E-state index contributed by atoms with van der Waals surface area (Å²) in [5.41, 5.74) is 4.46. The van der Waals surface area contributed by atoms with Crippen molar-refractivity contribution in [2.45, 2.75) is 26.3 Å². The van der Waals surface area contributed by atoms with E-state index in [0.717, 1.165) is 11.1 Å². The van der Waals surface area contributed by atoms with Gasteiger partial charge in [0.25, 0.3) is 0 Å². The summed E-state index contributed by atoms with van der Waals surface area (Å²) >= 11 is 0. The summed E-state index contributed by atoms with van der Waals surface area (Å²) in [5, 5.41) is 2.91. The van der Waals surface area contributed by atoms with E-state index in [1.165, 1.54) is 5.56 Å². The molecule has 0 spiro atoms. The molecule has 0 saturated heterocycles. The molecule has 1 aromatic heterocycles. The normalized spacial score (nSPS) is 10.8. The molecule has 1 amide bonds. The summed E-state index contributed by atoms with van der Waals surface area (Å²) in [5.74, 6) is -0.459. The second-order valence-corrected chi connectivity index (χ2v) is 5.61. The fraction of sp³-hybridized carbons (Fsp3) is 0.222. The highest BCUT2D eigenvalue weighted by atomic mass is 16.4. The number of hydrogen-bond acceptors (Lipinski definition) is 3. The third-order valence-corrected chi connectivity index (χ3v) is 3.73. The molecule has 0 atom stereocenters. The molecule has 0 aliphatic heterocycles. The molecule has 1 heterocycles. The Morgan fingerprint density at radius 2 is 1.87 bits per heavy atom. The van der Waals surface area contributed by atoms with Gasteiger partial charge in [-0.1, -0.05) is 35.9 Å². The minimum atomic E-state index is -0.465. The van der Waals surface area contributed by atoms with Gasteiger partial charge in [0.15, 0.2) is 5.58 Å². The lowest BCUT2D eigenvalue weighted by molar-refractivity contribution is -0.121. The summed E-state index contributed by atoms with van der Waals surface area (Å²) in [6.07, 6.45) is 1.02. The van der Waals surface area contributed by atoms with Crippen molar-refractivity contribution in [2.75, 3.05) is 0 Å². The van der Waals surface area contributed by atoms with Crippen molar-refractivity contribution in [3.05, 3.63) is 69.7 Å². The molecule has 3 aromatic rings. The average Bonchev–Trinajstić information content (AvgIpc) is 2.91. The van der Waals surface area contributed by atoms with Crippen LogP contribution < -0.4 is 11.1 Å². The minimum absolute atomic E-state index is 0.00589. The number of nitrogens with one attached hydrogen (secondary N) is 2. The monoisotopic (exact) mass is 310 g/mol. The van der Waals surface area contributed by atoms with Crippen LogP contribution >= 0.6 is 0 Å². The highest BCUT2D eigenvalue weighted by Crippen LogP contribution is 2.13. The maximum Gasteiger partial charge on any atom is 0.417 e. The molecule has 0 unspecified atom stereocenters. The van der Waals surface area contributed by atoms with E-state index in [9.17, 15) is 9.59 Å². The third-order valence-electron chi connectivity index (χ3n) is 3.73. The van der Waals surface area contributed by atoms with E-state index in [0.29, 0.717) is 30.5 Å². The van der Waals surface area contributed by atoms with Gasteiger partial charge < -0.3 is 9.73 Å². The Kier molecular flexibility index (Phi) is 4.28. The maximum absolute atomic E-state index is 11.9. The van der Waals surface area contributed by atoms with Crippen molar-refractivity contribution in [2.24, 2.45) is 0 Å². The fourth-order valence-electron chi connectivity index (χ4n) is 2.41. The van der Waals surface area contributed by atoms with E-state index < -0.39 is 5.76 Å². The molecule has 0 aliphatic rings. The van der Waals surface area contributed by atoms with E-state index in [2.05, 4.69) is 10.3 Å². The van der Waals surface area contributed by atoms with Crippen LogP contribution in [-0.4, -0.2) is 10.9 Å². The van der Waals surface area contributed by atoms with Crippen molar-refractivity contribution in [3.8, 4) is 0 Å². The van der Waals surface area contributed by atoms with E-state index in [1.54, 1.807) is 6.07 Å². The molecule has 2 N–H and O–H groups in total. The first-order valence-corrected chi connectivity index (χ1v) is 7.54. The van der Waals surface area contributed by atoms with Gasteiger partial charge >= 0.3 is 5.76 Å². The van der Waals surface area contributed by atoms with Crippen LogP contribution in [0.15, 0.2) is 51.7 Å². The number of amides is 1. The van der Waals surface area contributed by atoms with Crippen LogP contribution in [0.3, 0.4) is 0 Å². The van der Waals surface area contributed by atoms with E-state index in [1.807, 2.05) is 43.3 Å². The van der Waals surface area contributed by atoms with Gasteiger partial charge in [0.1, 0.15) is 0 Å². The smallest absolute Gasteiger partial charge is 0.408 e. The molecule has 2 aromatic carbocycles. The Hall–Kier alpha value is -2.82. The number of H-pyrrole nitrogens is 1. The van der Waals surface area contributed by atoms with Crippen LogP contribution in [0.1, 0.15) is 23.1 Å². The molecule has 118 valence electrons. The number of oxazole rings is 1. The topological polar surface area (TPSA) is 75.1 Å². The van der Waals surface area contributed by atoms with E-state index in [-0.39, 0.29) is 5.91 Å². The lowest BCUT2D eigenvalue weighted by Gasteiger charge is -2.06. The highest BCUT2D eigenvalue weighted by molar-refractivity contribution is 5.77. The van der Waals surface area contributed by atoms with Crippen LogP contribution in [0, 0.1) is 6.92 Å². The zero-order valence-corrected chi connectivity index (χ0v) is 12.9. The molecule has 23 heavy (non-hydrogen) atoms. The van der Waals surface area contributed by atoms with Gasteiger partial charge in [-0.25, -0.2) is 4.79 Å². The molecule has 0 aliphatic carbocycles. The van der Waals surface area contributed by atoms with Gasteiger partial charge in [-0.3, -0.25) is 9.78 Å². The zero-order chi connectivity index (χ0) is 16.2. The van der Waals surface area contributed by atoms with Gasteiger partial charge in [-0.05, 0) is 36.6 Å². The van der Waals surface area contributed by atoms with Crippen molar-refractivity contribution < 1.29 is 9.21 Å². The van der Waals surface area contributed by atoms with Crippen LogP contribution in [-0.2, 0) is 17.8 Å². The Bertz CT molecular complexity index is 875. The molecular formula is C18H18N2O3. The van der Waals surface area contributed by atoms with Gasteiger partial charge in [-0.15, -0.1) is 0 Å². The molecule has 0 saturated carbocycles. The molecule has 5 nitrogen and oxygen atoms in total. The van der Waals surface area contributed by atoms with Crippen LogP contribution in [0.5, 0.6) is 0 Å². The fourth-order valence-corrected chi connectivity index (χ4v) is 2.41. The predicted octanol–water partition coefficient (Wildman–Crippen LogP) is 2.68. The van der Waals surface area contributed by atoms with Crippen molar-refractivity contribution in [3.63, 3.8) is 0 Å². The quantitative estimate of drug-likeness (QED) is 0.761. The standard InChI is InChI=1S/C18H18N2O3/c1-12-2-4-14(5-3-12)11-19-17(21)9-7-13-6-8-16-15(10-13)20-18(22)23-16/h2-6,8,10H,7,9,11H2,1H3,(H,19,21)(H,20,22). The van der Waals surface area contributed by atoms with Gasteiger partial charge in [0.2, 0.25) is 5.91 Å². The van der Waals surface area contributed by atoms with Gasteiger partial charge in [-0.2, -0.15) is 0 Å². The van der Waals surface area contributed by atoms with E-state index in [4.69, 9.17) is 4.42 Å². The Morgan fingerprint density at radius 1 is 1.13 bits per heavy atom. The summed E-state index contributed by atoms with van der Waals surface area (Å²) in [6.45, 7) is 2.57. The Labute approximate surface area is 133 Å².